The van der Waals surface area contributed by atoms with Crippen LogP contribution < -0.4 is 0 Å². The van der Waals surface area contributed by atoms with E-state index >= 15 is 0 Å². The summed E-state index contributed by atoms with van der Waals surface area (Å²) < 4.78 is 5.71. The first-order valence-corrected chi connectivity index (χ1v) is 7.40. The van der Waals surface area contributed by atoms with E-state index in [9.17, 15) is 5.11 Å². The minimum atomic E-state index is -0.287. The maximum absolute atomic E-state index is 10.2. The number of morpholine rings is 1. The highest BCUT2D eigenvalue weighted by molar-refractivity contribution is 4.77. The van der Waals surface area contributed by atoms with E-state index in [0.717, 1.165) is 32.7 Å². The molecule has 1 saturated heterocycles. The third kappa shape index (κ3) is 7.25. The molecule has 3 atom stereocenters. The molecule has 0 amide bonds. The highest BCUT2D eigenvalue weighted by Crippen LogP contribution is 2.15. The van der Waals surface area contributed by atoms with Gasteiger partial charge in [0.15, 0.2) is 0 Å². The van der Waals surface area contributed by atoms with E-state index in [1.165, 1.54) is 0 Å². The average molecular weight is 272 g/mol. The summed E-state index contributed by atoms with van der Waals surface area (Å²) in [6, 6.07) is 0. The van der Waals surface area contributed by atoms with Crippen molar-refractivity contribution in [1.82, 2.24) is 9.80 Å². The zero-order chi connectivity index (χ0) is 14.6. The average Bonchev–Trinajstić information content (AvgIpc) is 2.10. The van der Waals surface area contributed by atoms with Gasteiger partial charge < -0.3 is 14.7 Å². The van der Waals surface area contributed by atoms with Gasteiger partial charge in [0.2, 0.25) is 0 Å². The Morgan fingerprint density at radius 3 is 2.26 bits per heavy atom. The van der Waals surface area contributed by atoms with Crippen molar-refractivity contribution in [2.75, 3.05) is 39.8 Å². The molecule has 0 saturated carbocycles. The molecular formula is C15H32N2O2. The van der Waals surface area contributed by atoms with E-state index in [1.54, 1.807) is 0 Å². The molecule has 0 aromatic rings. The van der Waals surface area contributed by atoms with Gasteiger partial charge in [-0.25, -0.2) is 0 Å². The van der Waals surface area contributed by atoms with Crippen LogP contribution in [0.25, 0.3) is 0 Å². The van der Waals surface area contributed by atoms with E-state index in [4.69, 9.17) is 4.74 Å². The SMILES string of the molecule is CC1CN(CC(O)CN(C)CC(C)(C)C)CC(C)O1. The Morgan fingerprint density at radius 2 is 1.79 bits per heavy atom. The standard InChI is InChI=1S/C15H32N2O2/c1-12-7-17(8-13(2)19-12)10-14(18)9-16(6)11-15(3,4)5/h12-14,18H,7-11H2,1-6H3. The molecule has 0 aromatic carbocycles. The first-order chi connectivity index (χ1) is 8.65. The molecule has 4 heteroatoms. The number of likely N-dealkylation sites (N-methyl/N-ethyl adjacent to an activating group) is 1. The van der Waals surface area contributed by atoms with Crippen LogP contribution >= 0.6 is 0 Å². The largest absolute Gasteiger partial charge is 0.390 e. The lowest BCUT2D eigenvalue weighted by Gasteiger charge is -2.37. The van der Waals surface area contributed by atoms with Gasteiger partial charge >= 0.3 is 0 Å². The van der Waals surface area contributed by atoms with Gasteiger partial charge in [-0.05, 0) is 26.3 Å². The topological polar surface area (TPSA) is 35.9 Å². The number of hydrogen-bond donors (Lipinski definition) is 1. The fourth-order valence-electron chi connectivity index (χ4n) is 3.02. The van der Waals surface area contributed by atoms with E-state index in [-0.39, 0.29) is 23.7 Å². The smallest absolute Gasteiger partial charge is 0.0793 e. The molecule has 1 N–H and O–H groups in total. The quantitative estimate of drug-likeness (QED) is 0.821. The van der Waals surface area contributed by atoms with Crippen LogP contribution in [0.3, 0.4) is 0 Å². The number of hydrogen-bond acceptors (Lipinski definition) is 4. The molecule has 1 aliphatic heterocycles. The second-order valence-corrected chi connectivity index (χ2v) is 7.39. The van der Waals surface area contributed by atoms with Crippen LogP contribution in [0.15, 0.2) is 0 Å². The predicted octanol–water partition coefficient (Wildman–Crippen LogP) is 1.43. The third-order valence-electron chi connectivity index (χ3n) is 3.23. The zero-order valence-corrected chi connectivity index (χ0v) is 13.5. The normalized spacial score (nSPS) is 27.8. The molecule has 0 aliphatic carbocycles. The van der Waals surface area contributed by atoms with Crippen molar-refractivity contribution < 1.29 is 9.84 Å². The molecule has 0 spiro atoms. The molecule has 114 valence electrons. The predicted molar refractivity (Wildman–Crippen MR) is 79.4 cm³/mol. The second-order valence-electron chi connectivity index (χ2n) is 7.39. The molecule has 0 radical (unpaired) electrons. The molecule has 1 rings (SSSR count). The second kappa shape index (κ2) is 7.02. The number of aliphatic hydroxyl groups is 1. The number of nitrogens with zero attached hydrogens (tertiary/aromatic N) is 2. The van der Waals surface area contributed by atoms with Crippen LogP contribution in [0.2, 0.25) is 0 Å². The van der Waals surface area contributed by atoms with Crippen molar-refractivity contribution in [3.05, 3.63) is 0 Å². The minimum Gasteiger partial charge on any atom is -0.390 e. The Balaban J connectivity index is 2.32. The molecular weight excluding hydrogens is 240 g/mol. The van der Waals surface area contributed by atoms with Crippen molar-refractivity contribution in [2.45, 2.75) is 52.9 Å². The Hall–Kier alpha value is -0.160. The third-order valence-corrected chi connectivity index (χ3v) is 3.23. The lowest BCUT2D eigenvalue weighted by Crippen LogP contribution is -2.49. The van der Waals surface area contributed by atoms with Crippen LogP contribution in [0.5, 0.6) is 0 Å². The van der Waals surface area contributed by atoms with E-state index in [2.05, 4.69) is 51.5 Å². The fraction of sp³-hybridized carbons (Fsp3) is 1.00. The minimum absolute atomic E-state index is 0.267. The Kier molecular flexibility index (Phi) is 6.24. The first kappa shape index (κ1) is 16.9. The summed E-state index contributed by atoms with van der Waals surface area (Å²) in [5.41, 5.74) is 0.274. The lowest BCUT2D eigenvalue weighted by molar-refractivity contribution is -0.0779. The summed E-state index contributed by atoms with van der Waals surface area (Å²) in [4.78, 5) is 4.53. The molecule has 0 aromatic heterocycles. The summed E-state index contributed by atoms with van der Waals surface area (Å²) >= 11 is 0. The van der Waals surface area contributed by atoms with Gasteiger partial charge in [-0.3, -0.25) is 4.90 Å². The van der Waals surface area contributed by atoms with Crippen LogP contribution in [-0.2, 0) is 4.74 Å². The Labute approximate surface area is 118 Å². The maximum atomic E-state index is 10.2. The van der Waals surface area contributed by atoms with Crippen molar-refractivity contribution in [3.8, 4) is 0 Å². The van der Waals surface area contributed by atoms with Gasteiger partial charge in [-0.15, -0.1) is 0 Å². The van der Waals surface area contributed by atoms with Crippen LogP contribution in [0, 0.1) is 5.41 Å². The summed E-state index contributed by atoms with van der Waals surface area (Å²) in [5, 5.41) is 10.2. The highest BCUT2D eigenvalue weighted by Gasteiger charge is 2.24. The Morgan fingerprint density at radius 1 is 1.26 bits per heavy atom. The zero-order valence-electron chi connectivity index (χ0n) is 13.5. The summed E-state index contributed by atoms with van der Waals surface area (Å²) in [7, 11) is 2.08. The fourth-order valence-corrected chi connectivity index (χ4v) is 3.02. The van der Waals surface area contributed by atoms with Gasteiger partial charge in [0, 0.05) is 32.7 Å². The lowest BCUT2D eigenvalue weighted by atomic mass is 9.96. The molecule has 0 bridgehead atoms. The van der Waals surface area contributed by atoms with Gasteiger partial charge in [-0.2, -0.15) is 0 Å². The highest BCUT2D eigenvalue weighted by atomic mass is 16.5. The molecule has 4 nitrogen and oxygen atoms in total. The van der Waals surface area contributed by atoms with E-state index in [1.807, 2.05) is 0 Å². The molecule has 1 fully saturated rings. The molecule has 1 heterocycles. The van der Waals surface area contributed by atoms with Gasteiger partial charge in [0.1, 0.15) is 0 Å². The number of rotatable bonds is 5. The number of ether oxygens (including phenoxy) is 1. The van der Waals surface area contributed by atoms with Crippen molar-refractivity contribution in [3.63, 3.8) is 0 Å². The van der Waals surface area contributed by atoms with E-state index < -0.39 is 0 Å². The van der Waals surface area contributed by atoms with Gasteiger partial charge in [0.25, 0.3) is 0 Å². The summed E-state index contributed by atoms with van der Waals surface area (Å²) in [6.07, 6.45) is 0.247. The molecule has 1 aliphatic rings. The monoisotopic (exact) mass is 272 g/mol. The Bertz CT molecular complexity index is 255. The molecule has 19 heavy (non-hydrogen) atoms. The van der Waals surface area contributed by atoms with Crippen molar-refractivity contribution >= 4 is 0 Å². The summed E-state index contributed by atoms with van der Waals surface area (Å²) in [5.74, 6) is 0. The van der Waals surface area contributed by atoms with Gasteiger partial charge in [0.05, 0.1) is 18.3 Å². The van der Waals surface area contributed by atoms with Crippen LogP contribution in [0.1, 0.15) is 34.6 Å². The number of β-amino-alcohol motifs (C(OH)–C–C–N with tert-alkyl or cyclic N) is 1. The van der Waals surface area contributed by atoms with Crippen LogP contribution in [-0.4, -0.2) is 73.0 Å². The summed E-state index contributed by atoms with van der Waals surface area (Å²) in [6.45, 7) is 15.2. The van der Waals surface area contributed by atoms with Crippen LogP contribution in [0.4, 0.5) is 0 Å². The number of aliphatic hydroxyl groups excluding tert-OH is 1. The maximum Gasteiger partial charge on any atom is 0.0793 e. The van der Waals surface area contributed by atoms with Crippen molar-refractivity contribution in [2.24, 2.45) is 5.41 Å². The first-order valence-electron chi connectivity index (χ1n) is 7.40. The molecule has 3 unspecified atom stereocenters. The van der Waals surface area contributed by atoms with Gasteiger partial charge in [-0.1, -0.05) is 20.8 Å². The van der Waals surface area contributed by atoms with E-state index in [0.29, 0.717) is 0 Å². The van der Waals surface area contributed by atoms with Crippen molar-refractivity contribution in [1.29, 1.82) is 0 Å².